The Hall–Kier alpha value is -0.410. The van der Waals surface area contributed by atoms with Crippen LogP contribution in [0, 0.1) is 0 Å². The SMILES string of the molecule is CNC(CCSC)Cc1ccco1. The predicted octanol–water partition coefficient (Wildman–Crippen LogP) is 2.16. The van der Waals surface area contributed by atoms with Crippen LogP contribution in [0.4, 0.5) is 0 Å². The molecular weight excluding hydrogens is 182 g/mol. The lowest BCUT2D eigenvalue weighted by atomic mass is 10.1. The number of nitrogens with one attached hydrogen (secondary N) is 1. The van der Waals surface area contributed by atoms with Crippen molar-refractivity contribution in [3.05, 3.63) is 24.2 Å². The van der Waals surface area contributed by atoms with Crippen LogP contribution in [0.1, 0.15) is 12.2 Å². The van der Waals surface area contributed by atoms with Crippen LogP contribution in [0.15, 0.2) is 22.8 Å². The van der Waals surface area contributed by atoms with E-state index in [1.807, 2.05) is 30.9 Å². The van der Waals surface area contributed by atoms with Gasteiger partial charge in [0.15, 0.2) is 0 Å². The summed E-state index contributed by atoms with van der Waals surface area (Å²) in [5.74, 6) is 2.27. The average molecular weight is 199 g/mol. The largest absolute Gasteiger partial charge is 0.469 e. The van der Waals surface area contributed by atoms with Gasteiger partial charge in [0, 0.05) is 12.5 Å². The molecule has 74 valence electrons. The summed E-state index contributed by atoms with van der Waals surface area (Å²) in [6.07, 6.45) is 6.05. The fraction of sp³-hybridized carbons (Fsp3) is 0.600. The van der Waals surface area contributed by atoms with E-state index in [4.69, 9.17) is 4.42 Å². The Morgan fingerprint density at radius 1 is 1.62 bits per heavy atom. The second-order valence-corrected chi connectivity index (χ2v) is 4.04. The molecule has 0 radical (unpaired) electrons. The van der Waals surface area contributed by atoms with E-state index in [1.54, 1.807) is 6.26 Å². The standard InChI is InChI=1S/C10H17NOS/c1-11-9(5-7-13-2)8-10-4-3-6-12-10/h3-4,6,9,11H,5,7-8H2,1-2H3. The Morgan fingerprint density at radius 2 is 2.46 bits per heavy atom. The Labute approximate surface area is 84.1 Å². The molecule has 1 heterocycles. The van der Waals surface area contributed by atoms with Gasteiger partial charge in [-0.25, -0.2) is 0 Å². The average Bonchev–Trinajstić information content (AvgIpc) is 2.64. The molecule has 2 nitrogen and oxygen atoms in total. The molecule has 1 N–H and O–H groups in total. The molecule has 1 unspecified atom stereocenters. The minimum atomic E-state index is 0.540. The lowest BCUT2D eigenvalue weighted by Gasteiger charge is -2.13. The molecule has 13 heavy (non-hydrogen) atoms. The van der Waals surface area contributed by atoms with Crippen molar-refractivity contribution >= 4 is 11.8 Å². The van der Waals surface area contributed by atoms with Gasteiger partial charge in [0.05, 0.1) is 6.26 Å². The molecule has 1 rings (SSSR count). The van der Waals surface area contributed by atoms with Crippen molar-refractivity contribution < 1.29 is 4.42 Å². The van der Waals surface area contributed by atoms with Gasteiger partial charge in [0.2, 0.25) is 0 Å². The minimum absolute atomic E-state index is 0.540. The number of hydrogen-bond donors (Lipinski definition) is 1. The van der Waals surface area contributed by atoms with E-state index >= 15 is 0 Å². The number of furan rings is 1. The fourth-order valence-electron chi connectivity index (χ4n) is 1.28. The number of thioether (sulfide) groups is 1. The fourth-order valence-corrected chi connectivity index (χ4v) is 1.80. The summed E-state index contributed by atoms with van der Waals surface area (Å²) in [6, 6.07) is 4.51. The zero-order valence-electron chi connectivity index (χ0n) is 8.25. The molecule has 0 aliphatic carbocycles. The van der Waals surface area contributed by atoms with Gasteiger partial charge in [0.1, 0.15) is 5.76 Å². The van der Waals surface area contributed by atoms with Crippen LogP contribution in [0.3, 0.4) is 0 Å². The minimum Gasteiger partial charge on any atom is -0.469 e. The summed E-state index contributed by atoms with van der Waals surface area (Å²) in [6.45, 7) is 0. The highest BCUT2D eigenvalue weighted by atomic mass is 32.2. The molecule has 0 aromatic carbocycles. The molecule has 0 saturated carbocycles. The van der Waals surface area contributed by atoms with E-state index in [0.29, 0.717) is 6.04 Å². The Morgan fingerprint density at radius 3 is 3.00 bits per heavy atom. The lowest BCUT2D eigenvalue weighted by molar-refractivity contribution is 0.453. The Kier molecular flexibility index (Phi) is 5.01. The molecular formula is C10H17NOS. The molecule has 1 aromatic rings. The molecule has 0 fully saturated rings. The smallest absolute Gasteiger partial charge is 0.105 e. The molecule has 0 spiro atoms. The molecule has 3 heteroatoms. The van der Waals surface area contributed by atoms with Crippen molar-refractivity contribution in [3.63, 3.8) is 0 Å². The zero-order chi connectivity index (χ0) is 9.52. The van der Waals surface area contributed by atoms with E-state index in [1.165, 1.54) is 12.2 Å². The number of likely N-dealkylation sites (N-methyl/N-ethyl adjacent to an activating group) is 1. The van der Waals surface area contributed by atoms with Gasteiger partial charge in [-0.2, -0.15) is 11.8 Å². The molecule has 0 amide bonds. The van der Waals surface area contributed by atoms with Crippen molar-refractivity contribution in [1.82, 2.24) is 5.32 Å². The highest BCUT2D eigenvalue weighted by molar-refractivity contribution is 7.98. The van der Waals surface area contributed by atoms with Gasteiger partial charge >= 0.3 is 0 Å². The van der Waals surface area contributed by atoms with Gasteiger partial charge in [-0.05, 0) is 37.6 Å². The first-order chi connectivity index (χ1) is 6.36. The molecule has 0 bridgehead atoms. The van der Waals surface area contributed by atoms with Gasteiger partial charge < -0.3 is 9.73 Å². The second-order valence-electron chi connectivity index (χ2n) is 3.05. The molecule has 0 saturated heterocycles. The van der Waals surface area contributed by atoms with Gasteiger partial charge in [-0.1, -0.05) is 0 Å². The second kappa shape index (κ2) is 6.11. The van der Waals surface area contributed by atoms with E-state index in [0.717, 1.165) is 12.2 Å². The Bertz CT molecular complexity index is 211. The van der Waals surface area contributed by atoms with Crippen molar-refractivity contribution in [2.24, 2.45) is 0 Å². The highest BCUT2D eigenvalue weighted by Gasteiger charge is 2.07. The molecule has 1 atom stereocenters. The van der Waals surface area contributed by atoms with Crippen LogP contribution in [0.5, 0.6) is 0 Å². The van der Waals surface area contributed by atoms with E-state index < -0.39 is 0 Å². The summed E-state index contributed by atoms with van der Waals surface area (Å²) in [5.41, 5.74) is 0. The van der Waals surface area contributed by atoms with Crippen LogP contribution < -0.4 is 5.32 Å². The topological polar surface area (TPSA) is 25.2 Å². The monoisotopic (exact) mass is 199 g/mol. The van der Waals surface area contributed by atoms with Crippen LogP contribution in [-0.2, 0) is 6.42 Å². The van der Waals surface area contributed by atoms with E-state index in [-0.39, 0.29) is 0 Å². The summed E-state index contributed by atoms with van der Waals surface area (Å²) < 4.78 is 5.30. The number of rotatable bonds is 6. The maximum absolute atomic E-state index is 5.30. The maximum atomic E-state index is 5.30. The summed E-state index contributed by atoms with van der Waals surface area (Å²) in [7, 11) is 2.01. The number of hydrogen-bond acceptors (Lipinski definition) is 3. The van der Waals surface area contributed by atoms with Gasteiger partial charge in [-0.15, -0.1) is 0 Å². The summed E-state index contributed by atoms with van der Waals surface area (Å²) in [4.78, 5) is 0. The van der Waals surface area contributed by atoms with E-state index in [2.05, 4.69) is 11.6 Å². The normalized spacial score (nSPS) is 13.1. The van der Waals surface area contributed by atoms with Crippen molar-refractivity contribution in [1.29, 1.82) is 0 Å². The summed E-state index contributed by atoms with van der Waals surface area (Å²) >= 11 is 1.89. The van der Waals surface area contributed by atoms with Crippen molar-refractivity contribution in [2.45, 2.75) is 18.9 Å². The van der Waals surface area contributed by atoms with Gasteiger partial charge in [0.25, 0.3) is 0 Å². The first-order valence-corrected chi connectivity index (χ1v) is 5.94. The highest BCUT2D eigenvalue weighted by Crippen LogP contribution is 2.08. The third-order valence-electron chi connectivity index (χ3n) is 2.11. The first-order valence-electron chi connectivity index (χ1n) is 4.55. The lowest BCUT2D eigenvalue weighted by Crippen LogP contribution is -2.27. The zero-order valence-corrected chi connectivity index (χ0v) is 9.06. The summed E-state index contributed by atoms with van der Waals surface area (Å²) in [5, 5.41) is 3.30. The van der Waals surface area contributed by atoms with Crippen LogP contribution >= 0.6 is 11.8 Å². The van der Waals surface area contributed by atoms with Crippen molar-refractivity contribution in [3.8, 4) is 0 Å². The third kappa shape index (κ3) is 3.87. The maximum Gasteiger partial charge on any atom is 0.105 e. The predicted molar refractivity (Wildman–Crippen MR) is 58.3 cm³/mol. The van der Waals surface area contributed by atoms with Gasteiger partial charge in [-0.3, -0.25) is 0 Å². The van der Waals surface area contributed by atoms with E-state index in [9.17, 15) is 0 Å². The first kappa shape index (κ1) is 10.7. The Balaban J connectivity index is 2.31. The third-order valence-corrected chi connectivity index (χ3v) is 2.75. The quantitative estimate of drug-likeness (QED) is 0.760. The molecule has 0 aliphatic rings. The molecule has 0 aliphatic heterocycles. The molecule has 1 aromatic heterocycles. The van der Waals surface area contributed by atoms with Crippen LogP contribution in [0.2, 0.25) is 0 Å². The van der Waals surface area contributed by atoms with Crippen molar-refractivity contribution in [2.75, 3.05) is 19.1 Å². The van der Waals surface area contributed by atoms with Crippen LogP contribution in [0.25, 0.3) is 0 Å². The van der Waals surface area contributed by atoms with Crippen LogP contribution in [-0.4, -0.2) is 25.1 Å².